The van der Waals surface area contributed by atoms with Crippen LogP contribution in [0.2, 0.25) is 5.02 Å². The van der Waals surface area contributed by atoms with Gasteiger partial charge in [0.2, 0.25) is 0 Å². The molecular weight excluding hydrogens is 478 g/mol. The molecule has 0 fully saturated rings. The topological polar surface area (TPSA) is 73.7 Å². The Kier molecular flexibility index (Phi) is 8.03. The number of fused-ring (bicyclic) bond motifs is 1. The van der Waals surface area contributed by atoms with Crippen LogP contribution in [0.3, 0.4) is 0 Å². The van der Waals surface area contributed by atoms with Crippen LogP contribution in [-0.4, -0.2) is 47.2 Å². The van der Waals surface area contributed by atoms with Crippen molar-refractivity contribution in [2.24, 2.45) is 0 Å². The van der Waals surface area contributed by atoms with E-state index in [9.17, 15) is 9.59 Å². The second kappa shape index (κ2) is 11.4. The SMILES string of the molecule is CCOc1ccccc1-n1c(C(C)N(CCOC)C(=O)c2ccc(Cl)cc2)nc2ccccc2c1=O. The van der Waals surface area contributed by atoms with E-state index in [0.717, 1.165) is 0 Å². The summed E-state index contributed by atoms with van der Waals surface area (Å²) in [6.45, 7) is 4.80. The summed E-state index contributed by atoms with van der Waals surface area (Å²) in [7, 11) is 1.58. The maximum absolute atomic E-state index is 13.8. The van der Waals surface area contributed by atoms with Gasteiger partial charge >= 0.3 is 0 Å². The van der Waals surface area contributed by atoms with Crippen molar-refractivity contribution in [2.45, 2.75) is 19.9 Å². The van der Waals surface area contributed by atoms with Crippen LogP contribution in [0.4, 0.5) is 0 Å². The van der Waals surface area contributed by atoms with Crippen molar-refractivity contribution in [1.29, 1.82) is 0 Å². The Hall–Kier alpha value is -3.68. The van der Waals surface area contributed by atoms with Crippen LogP contribution in [0, 0.1) is 0 Å². The molecule has 4 rings (SSSR count). The van der Waals surface area contributed by atoms with E-state index in [-0.39, 0.29) is 11.5 Å². The lowest BCUT2D eigenvalue weighted by atomic mass is 10.1. The number of nitrogens with zero attached hydrogens (tertiary/aromatic N) is 3. The van der Waals surface area contributed by atoms with E-state index in [1.165, 1.54) is 0 Å². The Bertz CT molecular complexity index is 1420. The van der Waals surface area contributed by atoms with Crippen molar-refractivity contribution in [3.05, 3.63) is 99.6 Å². The van der Waals surface area contributed by atoms with Crippen LogP contribution in [0.15, 0.2) is 77.6 Å². The minimum atomic E-state index is -0.574. The summed E-state index contributed by atoms with van der Waals surface area (Å²) in [4.78, 5) is 34.0. The van der Waals surface area contributed by atoms with E-state index in [2.05, 4.69) is 0 Å². The normalized spacial score (nSPS) is 11.9. The van der Waals surface area contributed by atoms with Crippen LogP contribution in [0.5, 0.6) is 5.75 Å². The average Bonchev–Trinajstić information content (AvgIpc) is 2.90. The molecule has 0 saturated carbocycles. The monoisotopic (exact) mass is 505 g/mol. The van der Waals surface area contributed by atoms with Crippen LogP contribution in [-0.2, 0) is 4.74 Å². The molecule has 36 heavy (non-hydrogen) atoms. The number of aromatic nitrogens is 2. The number of methoxy groups -OCH3 is 1. The number of hydrogen-bond acceptors (Lipinski definition) is 5. The number of carbonyl (C=O) groups is 1. The molecule has 0 aliphatic heterocycles. The molecule has 7 nitrogen and oxygen atoms in total. The fraction of sp³-hybridized carbons (Fsp3) is 0.250. The minimum Gasteiger partial charge on any atom is -0.492 e. The van der Waals surface area contributed by atoms with Gasteiger partial charge in [-0.15, -0.1) is 0 Å². The molecule has 8 heteroatoms. The summed E-state index contributed by atoms with van der Waals surface area (Å²) < 4.78 is 12.7. The Labute approximate surface area is 214 Å². The average molecular weight is 506 g/mol. The zero-order valence-corrected chi connectivity index (χ0v) is 21.2. The van der Waals surface area contributed by atoms with Gasteiger partial charge in [-0.2, -0.15) is 0 Å². The molecule has 4 aromatic rings. The molecule has 1 atom stereocenters. The number of rotatable bonds is 9. The first-order valence-electron chi connectivity index (χ1n) is 11.8. The zero-order chi connectivity index (χ0) is 25.7. The van der Waals surface area contributed by atoms with Gasteiger partial charge in [0.15, 0.2) is 0 Å². The number of carbonyl (C=O) groups excluding carboxylic acids is 1. The highest BCUT2D eigenvalue weighted by atomic mass is 35.5. The van der Waals surface area contributed by atoms with Gasteiger partial charge < -0.3 is 14.4 Å². The van der Waals surface area contributed by atoms with E-state index in [1.54, 1.807) is 53.0 Å². The molecule has 0 radical (unpaired) electrons. The van der Waals surface area contributed by atoms with Gasteiger partial charge in [-0.3, -0.25) is 14.2 Å². The first-order valence-corrected chi connectivity index (χ1v) is 12.1. The predicted molar refractivity (Wildman–Crippen MR) is 141 cm³/mol. The van der Waals surface area contributed by atoms with E-state index >= 15 is 0 Å². The quantitative estimate of drug-likeness (QED) is 0.309. The largest absolute Gasteiger partial charge is 0.492 e. The molecule has 1 aromatic heterocycles. The van der Waals surface area contributed by atoms with Crippen molar-refractivity contribution in [3.8, 4) is 11.4 Å². The maximum Gasteiger partial charge on any atom is 0.266 e. The summed E-state index contributed by atoms with van der Waals surface area (Å²) in [5, 5.41) is 1.02. The molecule has 0 bridgehead atoms. The van der Waals surface area contributed by atoms with Gasteiger partial charge in [0.05, 0.1) is 35.8 Å². The molecule has 0 N–H and O–H groups in total. The molecule has 1 heterocycles. The van der Waals surface area contributed by atoms with Crippen LogP contribution < -0.4 is 10.3 Å². The molecule has 1 unspecified atom stereocenters. The van der Waals surface area contributed by atoms with Crippen molar-refractivity contribution in [1.82, 2.24) is 14.5 Å². The predicted octanol–water partition coefficient (Wildman–Crippen LogP) is 5.29. The van der Waals surface area contributed by atoms with Crippen LogP contribution >= 0.6 is 11.6 Å². The summed E-state index contributed by atoms with van der Waals surface area (Å²) in [6, 6.07) is 20.7. The second-order valence-electron chi connectivity index (χ2n) is 8.20. The summed E-state index contributed by atoms with van der Waals surface area (Å²) in [5.74, 6) is 0.757. The van der Waals surface area contributed by atoms with E-state index in [1.807, 2.05) is 50.2 Å². The number of halogens is 1. The Morgan fingerprint density at radius 1 is 1.06 bits per heavy atom. The van der Waals surface area contributed by atoms with Gasteiger partial charge in [-0.25, -0.2) is 4.98 Å². The number of amides is 1. The molecule has 0 spiro atoms. The fourth-order valence-electron chi connectivity index (χ4n) is 4.14. The zero-order valence-electron chi connectivity index (χ0n) is 20.5. The molecular formula is C28H28ClN3O4. The highest BCUT2D eigenvalue weighted by Gasteiger charge is 2.28. The number of benzene rings is 3. The number of para-hydroxylation sites is 3. The Morgan fingerprint density at radius 2 is 1.75 bits per heavy atom. The van der Waals surface area contributed by atoms with Crippen molar-refractivity contribution >= 4 is 28.4 Å². The van der Waals surface area contributed by atoms with Gasteiger partial charge in [-0.1, -0.05) is 35.9 Å². The third-order valence-corrected chi connectivity index (χ3v) is 6.19. The second-order valence-corrected chi connectivity index (χ2v) is 8.64. The molecule has 0 aliphatic rings. The fourth-order valence-corrected chi connectivity index (χ4v) is 4.27. The summed E-state index contributed by atoms with van der Waals surface area (Å²) in [6.07, 6.45) is 0. The maximum atomic E-state index is 13.8. The van der Waals surface area contributed by atoms with Crippen molar-refractivity contribution < 1.29 is 14.3 Å². The third-order valence-electron chi connectivity index (χ3n) is 5.94. The molecule has 0 aliphatic carbocycles. The minimum absolute atomic E-state index is 0.219. The van der Waals surface area contributed by atoms with E-state index in [0.29, 0.717) is 58.5 Å². The van der Waals surface area contributed by atoms with E-state index in [4.69, 9.17) is 26.1 Å². The molecule has 0 saturated heterocycles. The highest BCUT2D eigenvalue weighted by molar-refractivity contribution is 6.30. The lowest BCUT2D eigenvalue weighted by molar-refractivity contribution is 0.0605. The lowest BCUT2D eigenvalue weighted by Crippen LogP contribution is -2.39. The Morgan fingerprint density at radius 3 is 2.47 bits per heavy atom. The molecule has 1 amide bonds. The van der Waals surface area contributed by atoms with Gasteiger partial charge in [0.25, 0.3) is 11.5 Å². The smallest absolute Gasteiger partial charge is 0.266 e. The molecule has 3 aromatic carbocycles. The third kappa shape index (κ3) is 5.12. The van der Waals surface area contributed by atoms with Crippen LogP contribution in [0.1, 0.15) is 36.1 Å². The van der Waals surface area contributed by atoms with Crippen LogP contribution in [0.25, 0.3) is 16.6 Å². The summed E-state index contributed by atoms with van der Waals surface area (Å²) in [5.41, 5.74) is 1.36. The van der Waals surface area contributed by atoms with E-state index < -0.39 is 6.04 Å². The van der Waals surface area contributed by atoms with Gasteiger partial charge in [0, 0.05) is 24.2 Å². The first-order chi connectivity index (χ1) is 17.5. The standard InChI is InChI=1S/C28H28ClN3O4/c1-4-36-25-12-8-7-11-24(25)32-26(30-23-10-6-5-9-22(23)28(32)34)19(2)31(17-18-35-3)27(33)20-13-15-21(29)16-14-20/h5-16,19H,4,17-18H2,1-3H3. The van der Waals surface area contributed by atoms with Crippen molar-refractivity contribution in [2.75, 3.05) is 26.9 Å². The molecule has 186 valence electrons. The van der Waals surface area contributed by atoms with Crippen molar-refractivity contribution in [3.63, 3.8) is 0 Å². The number of hydrogen-bond donors (Lipinski definition) is 0. The number of ether oxygens (including phenoxy) is 2. The lowest BCUT2D eigenvalue weighted by Gasteiger charge is -2.30. The van der Waals surface area contributed by atoms with Gasteiger partial charge in [-0.05, 0) is 62.4 Å². The highest BCUT2D eigenvalue weighted by Crippen LogP contribution is 2.28. The van der Waals surface area contributed by atoms with Gasteiger partial charge in [0.1, 0.15) is 11.6 Å². The summed E-state index contributed by atoms with van der Waals surface area (Å²) >= 11 is 6.04. The Balaban J connectivity index is 1.92. The first kappa shape index (κ1) is 25.4.